The lowest BCUT2D eigenvalue weighted by Crippen LogP contribution is -2.14. The van der Waals surface area contributed by atoms with Gasteiger partial charge in [-0.3, -0.25) is 4.98 Å². The van der Waals surface area contributed by atoms with E-state index in [4.69, 9.17) is 0 Å². The first-order valence-electron chi connectivity index (χ1n) is 6.08. The van der Waals surface area contributed by atoms with Gasteiger partial charge in [-0.25, -0.2) is 4.68 Å². The largest absolute Gasteiger partial charge is 0.347 e. The minimum absolute atomic E-state index is 0.699. The zero-order valence-corrected chi connectivity index (χ0v) is 11.2. The van der Waals surface area contributed by atoms with Crippen LogP contribution in [0.3, 0.4) is 0 Å². The molecule has 0 aliphatic heterocycles. The summed E-state index contributed by atoms with van der Waals surface area (Å²) in [6.07, 6.45) is 1.82. The van der Waals surface area contributed by atoms with E-state index in [2.05, 4.69) is 21.1 Å². The smallest absolute Gasteiger partial charge is 0.223 e. The van der Waals surface area contributed by atoms with Crippen molar-refractivity contribution >= 4 is 16.9 Å². The molecule has 0 bridgehead atoms. The maximum absolute atomic E-state index is 4.52. The molecule has 0 fully saturated rings. The summed E-state index contributed by atoms with van der Waals surface area (Å²) in [6, 6.07) is 10.1. The van der Waals surface area contributed by atoms with Crippen LogP contribution in [0.15, 0.2) is 36.5 Å². The second-order valence-corrected chi connectivity index (χ2v) is 4.67. The minimum Gasteiger partial charge on any atom is -0.347 e. The van der Waals surface area contributed by atoms with Gasteiger partial charge in [0.2, 0.25) is 5.95 Å². The summed E-state index contributed by atoms with van der Waals surface area (Å²) in [5.74, 6) is 1.52. The predicted octanol–water partition coefficient (Wildman–Crippen LogP) is 2.10. The summed E-state index contributed by atoms with van der Waals surface area (Å²) in [5.41, 5.74) is 1.91. The number of pyridine rings is 1. The first-order chi connectivity index (χ1) is 9.15. The quantitative estimate of drug-likeness (QED) is 0.701. The number of hydrogen-bond donors (Lipinski definition) is 0. The number of aromatic nitrogens is 4. The van der Waals surface area contributed by atoms with Gasteiger partial charge in [-0.15, -0.1) is 5.10 Å². The van der Waals surface area contributed by atoms with Gasteiger partial charge in [-0.05, 0) is 12.1 Å². The number of hydrogen-bond acceptors (Lipinski definition) is 4. The van der Waals surface area contributed by atoms with Crippen LogP contribution in [0.5, 0.6) is 0 Å². The molecule has 5 heteroatoms. The molecule has 0 aliphatic carbocycles. The van der Waals surface area contributed by atoms with E-state index in [1.165, 1.54) is 0 Å². The molecule has 3 rings (SSSR count). The highest BCUT2D eigenvalue weighted by Gasteiger charge is 2.11. The lowest BCUT2D eigenvalue weighted by Gasteiger charge is -2.08. The highest BCUT2D eigenvalue weighted by Crippen LogP contribution is 2.21. The highest BCUT2D eigenvalue weighted by atomic mass is 15.4. The first kappa shape index (κ1) is 11.6. The van der Waals surface area contributed by atoms with E-state index in [0.717, 1.165) is 22.4 Å². The Morgan fingerprint density at radius 2 is 1.95 bits per heavy atom. The van der Waals surface area contributed by atoms with Crippen molar-refractivity contribution in [1.29, 1.82) is 0 Å². The molecule has 2 aromatic heterocycles. The molecule has 0 amide bonds. The van der Waals surface area contributed by atoms with Gasteiger partial charge < -0.3 is 4.90 Å². The molecule has 0 spiro atoms. The lowest BCUT2D eigenvalue weighted by molar-refractivity contribution is 0.753. The number of aryl methyl sites for hydroxylation is 1. The monoisotopic (exact) mass is 253 g/mol. The fourth-order valence-electron chi connectivity index (χ4n) is 2.08. The van der Waals surface area contributed by atoms with Crippen LogP contribution in [-0.4, -0.2) is 33.8 Å². The van der Waals surface area contributed by atoms with Crippen molar-refractivity contribution in [3.63, 3.8) is 0 Å². The molecule has 1 aromatic carbocycles. The zero-order valence-electron chi connectivity index (χ0n) is 11.2. The number of fused-ring (bicyclic) bond motifs is 1. The molecule has 0 aliphatic rings. The molecule has 0 saturated heterocycles. The highest BCUT2D eigenvalue weighted by molar-refractivity contribution is 5.82. The molecule has 0 atom stereocenters. The van der Waals surface area contributed by atoms with Gasteiger partial charge in [-0.2, -0.15) is 4.98 Å². The van der Waals surface area contributed by atoms with Crippen LogP contribution in [0.2, 0.25) is 0 Å². The number of anilines is 1. The number of rotatable bonds is 2. The number of benzene rings is 1. The van der Waals surface area contributed by atoms with Gasteiger partial charge in [0.1, 0.15) is 0 Å². The van der Waals surface area contributed by atoms with Gasteiger partial charge in [0.05, 0.1) is 5.52 Å². The van der Waals surface area contributed by atoms with E-state index in [0.29, 0.717) is 5.82 Å². The van der Waals surface area contributed by atoms with Crippen LogP contribution in [0, 0.1) is 0 Å². The van der Waals surface area contributed by atoms with Gasteiger partial charge in [0, 0.05) is 38.3 Å². The predicted molar refractivity (Wildman–Crippen MR) is 76.1 cm³/mol. The van der Waals surface area contributed by atoms with Crippen molar-refractivity contribution in [3.8, 4) is 11.4 Å². The number of para-hydroxylation sites is 1. The molecule has 0 radical (unpaired) electrons. The molecule has 5 nitrogen and oxygen atoms in total. The van der Waals surface area contributed by atoms with Crippen molar-refractivity contribution in [2.75, 3.05) is 19.0 Å². The second-order valence-electron chi connectivity index (χ2n) is 4.67. The summed E-state index contributed by atoms with van der Waals surface area (Å²) < 4.78 is 1.77. The summed E-state index contributed by atoms with van der Waals surface area (Å²) in [6.45, 7) is 0. The topological polar surface area (TPSA) is 46.8 Å². The van der Waals surface area contributed by atoms with Crippen molar-refractivity contribution in [2.24, 2.45) is 7.05 Å². The molecule has 96 valence electrons. The average molecular weight is 253 g/mol. The maximum Gasteiger partial charge on any atom is 0.223 e. The van der Waals surface area contributed by atoms with Crippen molar-refractivity contribution < 1.29 is 0 Å². The van der Waals surface area contributed by atoms with Gasteiger partial charge in [0.25, 0.3) is 0 Å². The Hall–Kier alpha value is -2.43. The van der Waals surface area contributed by atoms with Crippen LogP contribution in [0.1, 0.15) is 0 Å². The Kier molecular flexibility index (Phi) is 2.67. The van der Waals surface area contributed by atoms with E-state index in [1.54, 1.807) is 4.68 Å². The first-order valence-corrected chi connectivity index (χ1v) is 6.08. The minimum atomic E-state index is 0.699. The van der Waals surface area contributed by atoms with Crippen molar-refractivity contribution in [3.05, 3.63) is 36.5 Å². The van der Waals surface area contributed by atoms with Crippen LogP contribution >= 0.6 is 0 Å². The van der Waals surface area contributed by atoms with E-state index >= 15 is 0 Å². The van der Waals surface area contributed by atoms with Crippen molar-refractivity contribution in [1.82, 2.24) is 19.7 Å². The third kappa shape index (κ3) is 2.03. The molecule has 3 aromatic rings. The van der Waals surface area contributed by atoms with Crippen LogP contribution in [0.4, 0.5) is 5.95 Å². The van der Waals surface area contributed by atoms with Crippen LogP contribution < -0.4 is 4.90 Å². The Morgan fingerprint density at radius 3 is 2.68 bits per heavy atom. The van der Waals surface area contributed by atoms with E-state index in [1.807, 2.05) is 56.5 Å². The standard InChI is InChI=1S/C14H15N5/c1-18(2)14-16-13(17-19(14)3)11-8-10-6-4-5-7-12(10)15-9-11/h4-9H,1-3H3. The van der Waals surface area contributed by atoms with Crippen LogP contribution in [-0.2, 0) is 7.05 Å². The molecule has 2 heterocycles. The molecule has 19 heavy (non-hydrogen) atoms. The molecule has 0 saturated carbocycles. The Morgan fingerprint density at radius 1 is 1.16 bits per heavy atom. The van der Waals surface area contributed by atoms with Gasteiger partial charge in [0.15, 0.2) is 5.82 Å². The maximum atomic E-state index is 4.52. The molecule has 0 unspecified atom stereocenters. The molecule has 0 N–H and O–H groups in total. The lowest BCUT2D eigenvalue weighted by atomic mass is 10.1. The summed E-state index contributed by atoms with van der Waals surface area (Å²) in [7, 11) is 5.79. The Labute approximate surface area is 111 Å². The third-order valence-corrected chi connectivity index (χ3v) is 2.99. The fourth-order valence-corrected chi connectivity index (χ4v) is 2.08. The molecular weight excluding hydrogens is 238 g/mol. The Bertz CT molecular complexity index is 730. The average Bonchev–Trinajstić information content (AvgIpc) is 2.80. The summed E-state index contributed by atoms with van der Waals surface area (Å²) in [5, 5.41) is 5.53. The summed E-state index contributed by atoms with van der Waals surface area (Å²) in [4.78, 5) is 10.9. The third-order valence-electron chi connectivity index (χ3n) is 2.99. The molecular formula is C14H15N5. The fraction of sp³-hybridized carbons (Fsp3) is 0.214. The zero-order chi connectivity index (χ0) is 13.4. The second kappa shape index (κ2) is 4.35. The summed E-state index contributed by atoms with van der Waals surface area (Å²) >= 11 is 0. The Balaban J connectivity index is 2.11. The van der Waals surface area contributed by atoms with E-state index in [9.17, 15) is 0 Å². The van der Waals surface area contributed by atoms with E-state index < -0.39 is 0 Å². The van der Waals surface area contributed by atoms with Gasteiger partial charge in [-0.1, -0.05) is 18.2 Å². The van der Waals surface area contributed by atoms with E-state index in [-0.39, 0.29) is 0 Å². The van der Waals surface area contributed by atoms with Crippen LogP contribution in [0.25, 0.3) is 22.3 Å². The SMILES string of the molecule is CN(C)c1nc(-c2cnc3ccccc3c2)nn1C. The van der Waals surface area contributed by atoms with Crippen molar-refractivity contribution in [2.45, 2.75) is 0 Å². The number of nitrogens with zero attached hydrogens (tertiary/aromatic N) is 5. The normalized spacial score (nSPS) is 10.9. The van der Waals surface area contributed by atoms with Gasteiger partial charge >= 0.3 is 0 Å².